The second-order valence-corrected chi connectivity index (χ2v) is 6.37. The lowest BCUT2D eigenvalue weighted by atomic mass is 10.3. The monoisotopic (exact) mass is 379 g/mol. The first-order valence-corrected chi connectivity index (χ1v) is 8.34. The molecule has 0 bridgehead atoms. The van der Waals surface area contributed by atoms with E-state index in [1.54, 1.807) is 29.3 Å². The number of rotatable bonds is 4. The van der Waals surface area contributed by atoms with Gasteiger partial charge in [-0.3, -0.25) is 9.59 Å². The first-order chi connectivity index (χ1) is 12.0. The number of halogens is 2. The van der Waals surface area contributed by atoms with Crippen molar-refractivity contribution in [1.82, 2.24) is 14.9 Å². The number of aromatic nitrogens is 2. The fourth-order valence-electron chi connectivity index (χ4n) is 2.48. The van der Waals surface area contributed by atoms with Gasteiger partial charge in [0.1, 0.15) is 11.5 Å². The van der Waals surface area contributed by atoms with E-state index in [1.807, 2.05) is 4.90 Å². The number of hydrogen-bond donors (Lipinski definition) is 1. The molecule has 1 aliphatic heterocycles. The van der Waals surface area contributed by atoms with Crippen molar-refractivity contribution < 1.29 is 9.59 Å². The maximum atomic E-state index is 12.2. The largest absolute Gasteiger partial charge is 0.352 e. The third-order valence-electron chi connectivity index (χ3n) is 3.78. The smallest absolute Gasteiger partial charge is 0.275 e. The Balaban J connectivity index is 1.65. The van der Waals surface area contributed by atoms with Gasteiger partial charge in [0.05, 0.1) is 12.4 Å². The molecule has 9 heteroatoms. The highest BCUT2D eigenvalue weighted by atomic mass is 35.5. The summed E-state index contributed by atoms with van der Waals surface area (Å²) in [6.07, 6.45) is 3.82. The third-order valence-corrected chi connectivity index (χ3v) is 4.22. The number of piperazine rings is 1. The minimum Gasteiger partial charge on any atom is -0.352 e. The van der Waals surface area contributed by atoms with Crippen molar-refractivity contribution in [3.05, 3.63) is 46.3 Å². The standard InChI is InChI=1S/C16H15Cl2N5O2/c17-11-5-12(18)7-13(6-11)21-16(25)14-8-20-15(9-19-14)23-3-1-22(10-24)2-4-23/h5-10H,1-4H2,(H,21,25). The number of carbonyl (C=O) groups excluding carboxylic acids is 2. The van der Waals surface area contributed by atoms with Crippen LogP contribution in [0, 0.1) is 0 Å². The second-order valence-electron chi connectivity index (χ2n) is 5.50. The first-order valence-electron chi connectivity index (χ1n) is 7.59. The van der Waals surface area contributed by atoms with Crippen molar-refractivity contribution in [2.45, 2.75) is 0 Å². The fourth-order valence-corrected chi connectivity index (χ4v) is 3.01. The van der Waals surface area contributed by atoms with Crippen LogP contribution < -0.4 is 10.2 Å². The van der Waals surface area contributed by atoms with Gasteiger partial charge in [0.15, 0.2) is 0 Å². The van der Waals surface area contributed by atoms with Crippen molar-refractivity contribution in [3.63, 3.8) is 0 Å². The number of hydrogen-bond acceptors (Lipinski definition) is 5. The molecule has 2 amide bonds. The number of anilines is 2. The van der Waals surface area contributed by atoms with Crippen LogP contribution in [0.1, 0.15) is 10.5 Å². The minimum absolute atomic E-state index is 0.186. The fraction of sp³-hybridized carbons (Fsp3) is 0.250. The summed E-state index contributed by atoms with van der Waals surface area (Å²) in [6, 6.07) is 4.77. The van der Waals surface area contributed by atoms with Gasteiger partial charge in [-0.15, -0.1) is 0 Å². The van der Waals surface area contributed by atoms with Crippen LogP contribution >= 0.6 is 23.2 Å². The highest BCUT2D eigenvalue weighted by Gasteiger charge is 2.17. The number of nitrogens with one attached hydrogen (secondary N) is 1. The Morgan fingerprint density at radius 2 is 1.72 bits per heavy atom. The van der Waals surface area contributed by atoms with Crippen LogP contribution in [-0.4, -0.2) is 53.4 Å². The quantitative estimate of drug-likeness (QED) is 0.824. The van der Waals surface area contributed by atoms with E-state index in [9.17, 15) is 9.59 Å². The lowest BCUT2D eigenvalue weighted by Gasteiger charge is -2.33. The first kappa shape index (κ1) is 17.4. The van der Waals surface area contributed by atoms with Gasteiger partial charge >= 0.3 is 0 Å². The SMILES string of the molecule is O=CN1CCN(c2cnc(C(=O)Nc3cc(Cl)cc(Cl)c3)cn2)CC1. The van der Waals surface area contributed by atoms with E-state index in [2.05, 4.69) is 15.3 Å². The molecule has 130 valence electrons. The van der Waals surface area contributed by atoms with E-state index in [4.69, 9.17) is 23.2 Å². The zero-order valence-corrected chi connectivity index (χ0v) is 14.7. The van der Waals surface area contributed by atoms with Gasteiger partial charge in [0.2, 0.25) is 6.41 Å². The van der Waals surface area contributed by atoms with E-state index in [1.165, 1.54) is 6.20 Å². The van der Waals surface area contributed by atoms with Gasteiger partial charge in [-0.05, 0) is 18.2 Å². The van der Waals surface area contributed by atoms with Crippen molar-refractivity contribution in [2.24, 2.45) is 0 Å². The van der Waals surface area contributed by atoms with Crippen molar-refractivity contribution in [1.29, 1.82) is 0 Å². The molecule has 1 fully saturated rings. The Kier molecular flexibility index (Phi) is 5.35. The van der Waals surface area contributed by atoms with Gasteiger partial charge in [-0.25, -0.2) is 9.97 Å². The summed E-state index contributed by atoms with van der Waals surface area (Å²) < 4.78 is 0. The summed E-state index contributed by atoms with van der Waals surface area (Å²) in [6.45, 7) is 2.64. The summed E-state index contributed by atoms with van der Waals surface area (Å²) in [5.41, 5.74) is 0.671. The highest BCUT2D eigenvalue weighted by molar-refractivity contribution is 6.35. The molecule has 1 aromatic carbocycles. The maximum Gasteiger partial charge on any atom is 0.275 e. The minimum atomic E-state index is -0.400. The van der Waals surface area contributed by atoms with Gasteiger partial charge in [-0.2, -0.15) is 0 Å². The molecule has 2 heterocycles. The van der Waals surface area contributed by atoms with E-state index in [0.29, 0.717) is 47.7 Å². The molecular weight excluding hydrogens is 365 g/mol. The van der Waals surface area contributed by atoms with Crippen molar-refractivity contribution in [2.75, 3.05) is 36.4 Å². The third kappa shape index (κ3) is 4.37. The molecule has 3 rings (SSSR count). The molecule has 0 saturated carbocycles. The van der Waals surface area contributed by atoms with E-state index < -0.39 is 5.91 Å². The van der Waals surface area contributed by atoms with E-state index in [0.717, 1.165) is 6.41 Å². The molecule has 1 aliphatic rings. The highest BCUT2D eigenvalue weighted by Crippen LogP contribution is 2.22. The molecule has 0 aliphatic carbocycles. The predicted molar refractivity (Wildman–Crippen MR) is 96.3 cm³/mol. The number of carbonyl (C=O) groups is 2. The summed E-state index contributed by atoms with van der Waals surface area (Å²) in [7, 11) is 0. The zero-order chi connectivity index (χ0) is 17.8. The molecular formula is C16H15Cl2N5O2. The number of amides is 2. The van der Waals surface area contributed by atoms with Crippen molar-refractivity contribution >= 4 is 47.0 Å². The predicted octanol–water partition coefficient (Wildman–Crippen LogP) is 2.31. The molecule has 1 N–H and O–H groups in total. The topological polar surface area (TPSA) is 78.4 Å². The Morgan fingerprint density at radius 1 is 1.04 bits per heavy atom. The molecule has 2 aromatic rings. The Hall–Kier alpha value is -2.38. The molecule has 0 atom stereocenters. The Morgan fingerprint density at radius 3 is 2.28 bits per heavy atom. The Bertz CT molecular complexity index is 756. The molecule has 0 unspecified atom stereocenters. The summed E-state index contributed by atoms with van der Waals surface area (Å²) >= 11 is 11.8. The summed E-state index contributed by atoms with van der Waals surface area (Å²) in [5, 5.41) is 3.54. The number of benzene rings is 1. The van der Waals surface area contributed by atoms with Gasteiger partial charge < -0.3 is 15.1 Å². The molecule has 7 nitrogen and oxygen atoms in total. The van der Waals surface area contributed by atoms with Crippen LogP contribution in [0.15, 0.2) is 30.6 Å². The lowest BCUT2D eigenvalue weighted by Crippen LogP contribution is -2.46. The Labute approximate surface area is 154 Å². The summed E-state index contributed by atoms with van der Waals surface area (Å²) in [4.78, 5) is 35.2. The van der Waals surface area contributed by atoms with E-state index >= 15 is 0 Å². The van der Waals surface area contributed by atoms with E-state index in [-0.39, 0.29) is 5.69 Å². The van der Waals surface area contributed by atoms with Gasteiger partial charge in [0, 0.05) is 41.9 Å². The summed E-state index contributed by atoms with van der Waals surface area (Å²) in [5.74, 6) is 0.274. The molecule has 1 aromatic heterocycles. The average Bonchev–Trinajstić information content (AvgIpc) is 2.61. The van der Waals surface area contributed by atoms with Gasteiger partial charge in [0.25, 0.3) is 5.91 Å². The number of nitrogens with zero attached hydrogens (tertiary/aromatic N) is 4. The van der Waals surface area contributed by atoms with Crippen LogP contribution in [0.25, 0.3) is 0 Å². The molecule has 25 heavy (non-hydrogen) atoms. The second kappa shape index (κ2) is 7.67. The maximum absolute atomic E-state index is 12.2. The molecule has 0 spiro atoms. The van der Waals surface area contributed by atoms with Crippen LogP contribution in [-0.2, 0) is 4.79 Å². The van der Waals surface area contributed by atoms with Crippen LogP contribution in [0.4, 0.5) is 11.5 Å². The average molecular weight is 380 g/mol. The van der Waals surface area contributed by atoms with Crippen molar-refractivity contribution in [3.8, 4) is 0 Å². The van der Waals surface area contributed by atoms with Crippen LogP contribution in [0.5, 0.6) is 0 Å². The molecule has 1 saturated heterocycles. The van der Waals surface area contributed by atoms with Gasteiger partial charge in [-0.1, -0.05) is 23.2 Å². The lowest BCUT2D eigenvalue weighted by molar-refractivity contribution is -0.118. The molecule has 0 radical (unpaired) electrons. The zero-order valence-electron chi connectivity index (χ0n) is 13.2. The normalized spacial score (nSPS) is 14.3. The van der Waals surface area contributed by atoms with Crippen LogP contribution in [0.2, 0.25) is 10.0 Å². The van der Waals surface area contributed by atoms with Crippen LogP contribution in [0.3, 0.4) is 0 Å².